The quantitative estimate of drug-likeness (QED) is 0.628. The first-order valence-electron chi connectivity index (χ1n) is 9.29. The monoisotopic (exact) mass is 475 g/mol. The molecule has 156 valence electrons. The summed E-state index contributed by atoms with van der Waals surface area (Å²) in [6, 6.07) is 5.11. The molecule has 1 aliphatic carbocycles. The molecule has 3 N–H and O–H groups in total. The number of nitrogens with two attached hydrogens (primary N) is 1. The smallest absolute Gasteiger partial charge is 0.337 e. The van der Waals surface area contributed by atoms with E-state index in [9.17, 15) is 14.4 Å². The van der Waals surface area contributed by atoms with E-state index in [0.29, 0.717) is 21.4 Å². The molecule has 9 nitrogen and oxygen atoms in total. The fraction of sp³-hybridized carbons (Fsp3) is 0.300. The van der Waals surface area contributed by atoms with E-state index in [4.69, 9.17) is 19.6 Å². The molecule has 30 heavy (non-hydrogen) atoms. The molecule has 1 atom stereocenters. The van der Waals surface area contributed by atoms with Gasteiger partial charge in [0.05, 0.1) is 25.2 Å². The van der Waals surface area contributed by atoms with Crippen LogP contribution in [0.25, 0.3) is 11.3 Å². The van der Waals surface area contributed by atoms with Gasteiger partial charge in [-0.3, -0.25) is 9.59 Å². The molecule has 0 radical (unpaired) electrons. The molecule has 2 aliphatic rings. The zero-order chi connectivity index (χ0) is 21.6. The van der Waals surface area contributed by atoms with Crippen molar-refractivity contribution in [2.45, 2.75) is 25.7 Å². The molecule has 0 saturated carbocycles. The number of nitrogen functional groups attached to an aromatic ring is 1. The molecule has 0 saturated heterocycles. The Bertz CT molecular complexity index is 1120. The molecule has 4 rings (SSSR count). The summed E-state index contributed by atoms with van der Waals surface area (Å²) in [6.07, 6.45) is -0.304. The maximum Gasteiger partial charge on any atom is 0.337 e. The summed E-state index contributed by atoms with van der Waals surface area (Å²) in [4.78, 5) is 43.0. The van der Waals surface area contributed by atoms with Crippen LogP contribution in [0.1, 0.15) is 31.5 Å². The Labute approximate surface area is 179 Å². The highest BCUT2D eigenvalue weighted by molar-refractivity contribution is 9.10. The molecule has 1 aromatic heterocycles. The Kier molecular flexibility index (Phi) is 4.89. The van der Waals surface area contributed by atoms with Gasteiger partial charge in [-0.15, -0.1) is 0 Å². The van der Waals surface area contributed by atoms with Crippen LogP contribution >= 0.6 is 15.9 Å². The maximum atomic E-state index is 13.5. The molecule has 0 unspecified atom stereocenters. The Morgan fingerprint density at radius 1 is 1.27 bits per heavy atom. The summed E-state index contributed by atoms with van der Waals surface area (Å²) < 4.78 is 16.5. The van der Waals surface area contributed by atoms with Gasteiger partial charge in [0.1, 0.15) is 5.69 Å². The summed E-state index contributed by atoms with van der Waals surface area (Å²) in [5.74, 6) is -1.57. The molecular weight excluding hydrogens is 458 g/mol. The summed E-state index contributed by atoms with van der Waals surface area (Å²) in [6.45, 7) is 3.57. The van der Waals surface area contributed by atoms with Crippen molar-refractivity contribution in [3.05, 3.63) is 45.2 Å². The number of benzene rings is 1. The van der Waals surface area contributed by atoms with Gasteiger partial charge < -0.3 is 24.9 Å². The second kappa shape index (κ2) is 7.28. The van der Waals surface area contributed by atoms with Crippen LogP contribution in [0.4, 0.5) is 6.01 Å². The van der Waals surface area contributed by atoms with Crippen molar-refractivity contribution in [1.82, 2.24) is 10.3 Å². The van der Waals surface area contributed by atoms with Crippen molar-refractivity contribution in [2.75, 3.05) is 18.9 Å². The predicted octanol–water partition coefficient (Wildman–Crippen LogP) is 2.19. The number of halogens is 1. The van der Waals surface area contributed by atoms with Crippen LogP contribution in [0.2, 0.25) is 0 Å². The number of carbonyl (C=O) groups is 3. The minimum absolute atomic E-state index is 0.0196. The number of fused-ring (bicyclic) bond motifs is 5. The summed E-state index contributed by atoms with van der Waals surface area (Å²) >= 11 is 3.41. The Hall–Kier alpha value is -3.14. The van der Waals surface area contributed by atoms with Gasteiger partial charge in [-0.1, -0.05) is 15.9 Å². The first kappa shape index (κ1) is 20.1. The van der Waals surface area contributed by atoms with E-state index in [-0.39, 0.29) is 42.6 Å². The normalized spacial score (nSPS) is 19.0. The Morgan fingerprint density at radius 3 is 2.70 bits per heavy atom. The SMILES string of the molecule is CCOC(=O)CC1=C(C(=O)OCC)[C@@]2(C(=O)N1)c1cc(Br)ccc1-c1oc(N)nc12. The van der Waals surface area contributed by atoms with Crippen LogP contribution in [0.15, 0.2) is 38.4 Å². The van der Waals surface area contributed by atoms with Crippen LogP contribution in [-0.2, 0) is 29.3 Å². The molecule has 0 fully saturated rings. The lowest BCUT2D eigenvalue weighted by Gasteiger charge is -2.24. The fourth-order valence-electron chi connectivity index (χ4n) is 4.01. The fourth-order valence-corrected chi connectivity index (χ4v) is 4.37. The number of amides is 1. The second-order valence-electron chi connectivity index (χ2n) is 6.68. The van der Waals surface area contributed by atoms with Crippen molar-refractivity contribution in [2.24, 2.45) is 0 Å². The van der Waals surface area contributed by atoms with Crippen LogP contribution in [-0.4, -0.2) is 36.0 Å². The van der Waals surface area contributed by atoms with Crippen molar-refractivity contribution >= 4 is 39.8 Å². The highest BCUT2D eigenvalue weighted by Gasteiger charge is 2.62. The molecule has 1 aliphatic heterocycles. The van der Waals surface area contributed by atoms with Crippen molar-refractivity contribution in [3.63, 3.8) is 0 Å². The summed E-state index contributed by atoms with van der Waals surface area (Å²) in [5, 5.41) is 2.68. The third-order valence-electron chi connectivity index (χ3n) is 5.02. The van der Waals surface area contributed by atoms with Gasteiger partial charge in [0.2, 0.25) is 5.91 Å². The number of hydrogen-bond donors (Lipinski definition) is 2. The van der Waals surface area contributed by atoms with Gasteiger partial charge in [0, 0.05) is 15.7 Å². The maximum absolute atomic E-state index is 13.5. The van der Waals surface area contributed by atoms with Crippen molar-refractivity contribution in [1.29, 1.82) is 0 Å². The topological polar surface area (TPSA) is 134 Å². The molecule has 0 bridgehead atoms. The van der Waals surface area contributed by atoms with Crippen LogP contribution in [0.5, 0.6) is 0 Å². The number of aromatic nitrogens is 1. The molecule has 1 spiro atoms. The standard InChI is InChI=1S/C20H18BrN3O6/c1-3-28-13(25)8-12-14(17(26)29-4-2)20(18(27)23-12)11-7-9(21)5-6-10(11)15-16(20)24-19(22)30-15/h5-7H,3-4,8H2,1-2H3,(H2,22,24)(H,23,27)/t20-/m0/s1. The van der Waals surface area contributed by atoms with E-state index in [2.05, 4.69) is 26.2 Å². The number of oxazole rings is 1. The number of nitrogens with zero attached hydrogens (tertiary/aromatic N) is 1. The summed E-state index contributed by atoms with van der Waals surface area (Å²) in [7, 11) is 0. The van der Waals surface area contributed by atoms with E-state index in [1.807, 2.05) is 0 Å². The number of esters is 2. The minimum atomic E-state index is -1.65. The highest BCUT2D eigenvalue weighted by atomic mass is 79.9. The Balaban J connectivity index is 2.02. The third-order valence-corrected chi connectivity index (χ3v) is 5.51. The van der Waals surface area contributed by atoms with E-state index in [1.54, 1.807) is 32.0 Å². The predicted molar refractivity (Wildman–Crippen MR) is 108 cm³/mol. The van der Waals surface area contributed by atoms with E-state index in [1.165, 1.54) is 0 Å². The number of nitrogens with one attached hydrogen (secondary N) is 1. The number of ether oxygens (including phenoxy) is 2. The lowest BCUT2D eigenvalue weighted by atomic mass is 9.74. The average Bonchev–Trinajstić information content (AvgIpc) is 3.27. The Morgan fingerprint density at radius 2 is 2.00 bits per heavy atom. The van der Waals surface area contributed by atoms with Crippen molar-refractivity contribution in [3.8, 4) is 11.3 Å². The molecule has 2 heterocycles. The zero-order valence-electron chi connectivity index (χ0n) is 16.2. The molecular formula is C20H18BrN3O6. The molecule has 10 heteroatoms. The van der Waals surface area contributed by atoms with Crippen molar-refractivity contribution < 1.29 is 28.3 Å². The largest absolute Gasteiger partial charge is 0.466 e. The van der Waals surface area contributed by atoms with Gasteiger partial charge in [0.25, 0.3) is 6.01 Å². The first-order valence-corrected chi connectivity index (χ1v) is 10.1. The number of anilines is 1. The molecule has 1 amide bonds. The second-order valence-corrected chi connectivity index (χ2v) is 7.60. The third kappa shape index (κ3) is 2.74. The van der Waals surface area contributed by atoms with Crippen LogP contribution in [0.3, 0.4) is 0 Å². The zero-order valence-corrected chi connectivity index (χ0v) is 17.8. The summed E-state index contributed by atoms with van der Waals surface area (Å²) in [5.41, 5.74) is 5.47. The number of hydrogen-bond acceptors (Lipinski definition) is 8. The lowest BCUT2D eigenvalue weighted by Crippen LogP contribution is -2.40. The van der Waals surface area contributed by atoms with Crippen LogP contribution < -0.4 is 11.1 Å². The van der Waals surface area contributed by atoms with E-state index >= 15 is 0 Å². The van der Waals surface area contributed by atoms with Crippen LogP contribution in [0, 0.1) is 0 Å². The number of rotatable bonds is 5. The first-order chi connectivity index (χ1) is 14.3. The minimum Gasteiger partial charge on any atom is -0.466 e. The van der Waals surface area contributed by atoms with E-state index < -0.39 is 23.3 Å². The van der Waals surface area contributed by atoms with Gasteiger partial charge in [-0.25, -0.2) is 4.79 Å². The van der Waals surface area contributed by atoms with Gasteiger partial charge >= 0.3 is 11.9 Å². The lowest BCUT2D eigenvalue weighted by molar-refractivity contribution is -0.142. The molecule has 1 aromatic carbocycles. The van der Waals surface area contributed by atoms with Gasteiger partial charge in [-0.05, 0) is 37.6 Å². The average molecular weight is 476 g/mol. The van der Waals surface area contributed by atoms with Gasteiger partial charge in [-0.2, -0.15) is 4.98 Å². The van der Waals surface area contributed by atoms with E-state index in [0.717, 1.165) is 0 Å². The highest BCUT2D eigenvalue weighted by Crippen LogP contribution is 2.56. The molecule has 2 aromatic rings. The van der Waals surface area contributed by atoms with Gasteiger partial charge in [0.15, 0.2) is 11.2 Å². The number of carbonyl (C=O) groups excluding carboxylic acids is 3.